The summed E-state index contributed by atoms with van der Waals surface area (Å²) in [6, 6.07) is 9.28. The van der Waals surface area contributed by atoms with Gasteiger partial charge in [0.05, 0.1) is 5.57 Å². The van der Waals surface area contributed by atoms with Crippen LogP contribution in [-0.4, -0.2) is 11.1 Å². The molecule has 0 aromatic heterocycles. The molecule has 1 aliphatic rings. The fourth-order valence-corrected chi connectivity index (χ4v) is 1.41. The zero-order chi connectivity index (χ0) is 9.97. The number of rotatable bonds is 3. The van der Waals surface area contributed by atoms with Crippen LogP contribution in [0.4, 0.5) is 0 Å². The number of aliphatic carboxylic acids is 1. The maximum absolute atomic E-state index is 11.0. The van der Waals surface area contributed by atoms with E-state index < -0.39 is 5.97 Å². The van der Waals surface area contributed by atoms with E-state index in [-0.39, 0.29) is 0 Å². The molecule has 72 valence electrons. The lowest BCUT2D eigenvalue weighted by Gasteiger charge is -2.01. The first-order valence-corrected chi connectivity index (χ1v) is 4.78. The minimum atomic E-state index is -0.830. The molecule has 0 atom stereocenters. The van der Waals surface area contributed by atoms with E-state index in [2.05, 4.69) is 0 Å². The van der Waals surface area contributed by atoms with Gasteiger partial charge in [-0.1, -0.05) is 36.4 Å². The van der Waals surface area contributed by atoms with Gasteiger partial charge in [0, 0.05) is 0 Å². The van der Waals surface area contributed by atoms with E-state index in [4.69, 9.17) is 5.11 Å². The van der Waals surface area contributed by atoms with Gasteiger partial charge in [-0.15, -0.1) is 0 Å². The highest BCUT2D eigenvalue weighted by Crippen LogP contribution is 2.33. The van der Waals surface area contributed by atoms with Crippen LogP contribution in [0.25, 0.3) is 5.57 Å². The molecular weight excluding hydrogens is 176 g/mol. The molecule has 0 aliphatic heterocycles. The molecule has 2 rings (SSSR count). The smallest absolute Gasteiger partial charge is 0.335 e. The van der Waals surface area contributed by atoms with Gasteiger partial charge in [-0.3, -0.25) is 0 Å². The third kappa shape index (κ3) is 2.02. The third-order valence-electron chi connectivity index (χ3n) is 2.34. The van der Waals surface area contributed by atoms with Crippen LogP contribution >= 0.6 is 0 Å². The first-order chi connectivity index (χ1) is 6.77. The predicted molar refractivity (Wildman–Crippen MR) is 54.8 cm³/mol. The highest BCUT2D eigenvalue weighted by molar-refractivity contribution is 6.15. The Bertz CT molecular complexity index is 361. The van der Waals surface area contributed by atoms with E-state index >= 15 is 0 Å². The van der Waals surface area contributed by atoms with Crippen LogP contribution in [0, 0.1) is 5.92 Å². The van der Waals surface area contributed by atoms with E-state index in [1.54, 1.807) is 0 Å². The van der Waals surface area contributed by atoms with Crippen molar-refractivity contribution in [3.63, 3.8) is 0 Å². The van der Waals surface area contributed by atoms with Crippen LogP contribution in [-0.2, 0) is 4.79 Å². The monoisotopic (exact) mass is 188 g/mol. The van der Waals surface area contributed by atoms with Gasteiger partial charge in [-0.25, -0.2) is 4.79 Å². The van der Waals surface area contributed by atoms with Crippen molar-refractivity contribution in [2.45, 2.75) is 12.8 Å². The second-order valence-electron chi connectivity index (χ2n) is 3.59. The molecule has 2 nitrogen and oxygen atoms in total. The lowest BCUT2D eigenvalue weighted by Crippen LogP contribution is -1.99. The minimum Gasteiger partial charge on any atom is -0.478 e. The summed E-state index contributed by atoms with van der Waals surface area (Å²) in [5.74, 6) is -0.343. The van der Waals surface area contributed by atoms with Crippen molar-refractivity contribution < 1.29 is 9.90 Å². The van der Waals surface area contributed by atoms with E-state index in [0.717, 1.165) is 18.4 Å². The van der Waals surface area contributed by atoms with Crippen LogP contribution in [0.3, 0.4) is 0 Å². The molecule has 1 aromatic carbocycles. The second-order valence-corrected chi connectivity index (χ2v) is 3.59. The third-order valence-corrected chi connectivity index (χ3v) is 2.34. The Kier molecular flexibility index (Phi) is 2.35. The minimum absolute atomic E-state index is 0.438. The second kappa shape index (κ2) is 3.66. The first kappa shape index (κ1) is 9.00. The normalized spacial score (nSPS) is 16.7. The molecule has 1 aromatic rings. The first-order valence-electron chi connectivity index (χ1n) is 4.78. The quantitative estimate of drug-likeness (QED) is 0.740. The summed E-state index contributed by atoms with van der Waals surface area (Å²) in [5, 5.41) is 9.04. The molecule has 1 aliphatic carbocycles. The molecule has 0 amide bonds. The summed E-state index contributed by atoms with van der Waals surface area (Å²) in [5.41, 5.74) is 1.24. The van der Waals surface area contributed by atoms with Gasteiger partial charge in [0.15, 0.2) is 0 Å². The van der Waals surface area contributed by atoms with Crippen LogP contribution in [0.15, 0.2) is 36.4 Å². The van der Waals surface area contributed by atoms with Gasteiger partial charge in [-0.2, -0.15) is 0 Å². The van der Waals surface area contributed by atoms with Crippen LogP contribution < -0.4 is 0 Å². The molecule has 1 saturated carbocycles. The maximum atomic E-state index is 11.0. The number of carboxylic acids is 1. The fourth-order valence-electron chi connectivity index (χ4n) is 1.41. The molecule has 0 heterocycles. The molecule has 14 heavy (non-hydrogen) atoms. The number of carboxylic acid groups (broad SMARTS) is 1. The van der Waals surface area contributed by atoms with Crippen molar-refractivity contribution in [3.8, 4) is 0 Å². The highest BCUT2D eigenvalue weighted by atomic mass is 16.4. The Balaban J connectivity index is 2.31. The Hall–Kier alpha value is -1.57. The zero-order valence-electron chi connectivity index (χ0n) is 7.81. The standard InChI is InChI=1S/C12H12O2/c13-12(14)11(8-9-6-7-9)10-4-2-1-3-5-10/h1-5,8-9H,6-7H2,(H,13,14)/b11-8+. The van der Waals surface area contributed by atoms with E-state index in [9.17, 15) is 4.79 Å². The fraction of sp³-hybridized carbons (Fsp3) is 0.250. The van der Waals surface area contributed by atoms with Crippen molar-refractivity contribution >= 4 is 11.5 Å². The van der Waals surface area contributed by atoms with Gasteiger partial charge >= 0.3 is 5.97 Å². The number of benzene rings is 1. The lowest BCUT2D eigenvalue weighted by atomic mass is 10.0. The van der Waals surface area contributed by atoms with Crippen LogP contribution in [0.5, 0.6) is 0 Å². The summed E-state index contributed by atoms with van der Waals surface area (Å²) >= 11 is 0. The van der Waals surface area contributed by atoms with Crippen LogP contribution in [0.2, 0.25) is 0 Å². The van der Waals surface area contributed by atoms with Gasteiger partial charge < -0.3 is 5.11 Å². The van der Waals surface area contributed by atoms with E-state index in [0.29, 0.717) is 11.5 Å². The Morgan fingerprint density at radius 1 is 1.29 bits per heavy atom. The van der Waals surface area contributed by atoms with Gasteiger partial charge in [-0.05, 0) is 24.3 Å². The number of hydrogen-bond acceptors (Lipinski definition) is 1. The summed E-state index contributed by atoms with van der Waals surface area (Å²) < 4.78 is 0. The van der Waals surface area contributed by atoms with Gasteiger partial charge in [0.1, 0.15) is 0 Å². The molecular formula is C12H12O2. The lowest BCUT2D eigenvalue weighted by molar-refractivity contribution is -0.130. The van der Waals surface area contributed by atoms with E-state index in [1.807, 2.05) is 36.4 Å². The van der Waals surface area contributed by atoms with Crippen molar-refractivity contribution in [2.24, 2.45) is 5.92 Å². The molecule has 1 fully saturated rings. The molecule has 1 N–H and O–H groups in total. The zero-order valence-corrected chi connectivity index (χ0v) is 7.81. The molecule has 0 unspecified atom stereocenters. The Morgan fingerprint density at radius 2 is 1.93 bits per heavy atom. The van der Waals surface area contributed by atoms with Crippen molar-refractivity contribution in [2.75, 3.05) is 0 Å². The number of allylic oxidation sites excluding steroid dienone is 1. The summed E-state index contributed by atoms with van der Waals surface area (Å²) in [4.78, 5) is 11.0. The SMILES string of the molecule is O=C(O)/C(=C/C1CC1)c1ccccc1. The predicted octanol–water partition coefficient (Wildman–Crippen LogP) is 2.56. The van der Waals surface area contributed by atoms with Crippen molar-refractivity contribution in [3.05, 3.63) is 42.0 Å². The molecule has 0 bridgehead atoms. The maximum Gasteiger partial charge on any atom is 0.335 e. The van der Waals surface area contributed by atoms with Gasteiger partial charge in [0.2, 0.25) is 0 Å². The Labute approximate surface area is 82.9 Å². The van der Waals surface area contributed by atoms with Crippen molar-refractivity contribution in [1.29, 1.82) is 0 Å². The highest BCUT2D eigenvalue weighted by Gasteiger charge is 2.21. The largest absolute Gasteiger partial charge is 0.478 e. The van der Waals surface area contributed by atoms with Crippen molar-refractivity contribution in [1.82, 2.24) is 0 Å². The molecule has 2 heteroatoms. The number of hydrogen-bond donors (Lipinski definition) is 1. The average molecular weight is 188 g/mol. The van der Waals surface area contributed by atoms with E-state index in [1.165, 1.54) is 0 Å². The molecule has 0 radical (unpaired) electrons. The topological polar surface area (TPSA) is 37.3 Å². The molecule has 0 saturated heterocycles. The van der Waals surface area contributed by atoms with Crippen LogP contribution in [0.1, 0.15) is 18.4 Å². The van der Waals surface area contributed by atoms with Gasteiger partial charge in [0.25, 0.3) is 0 Å². The Morgan fingerprint density at radius 3 is 2.43 bits per heavy atom. The summed E-state index contributed by atoms with van der Waals surface area (Å²) in [7, 11) is 0. The average Bonchev–Trinajstić information content (AvgIpc) is 2.99. The number of carbonyl (C=O) groups is 1. The molecule has 0 spiro atoms. The summed E-state index contributed by atoms with van der Waals surface area (Å²) in [6.45, 7) is 0. The summed E-state index contributed by atoms with van der Waals surface area (Å²) in [6.07, 6.45) is 4.13.